The van der Waals surface area contributed by atoms with E-state index in [1.54, 1.807) is 24.3 Å². The van der Waals surface area contributed by atoms with Crippen molar-refractivity contribution in [2.24, 2.45) is 4.99 Å². The Morgan fingerprint density at radius 2 is 1.80 bits per heavy atom. The molecule has 0 saturated carbocycles. The van der Waals surface area contributed by atoms with Crippen molar-refractivity contribution < 1.29 is 33.8 Å². The molecule has 0 atom stereocenters. The Labute approximate surface area is 116 Å². The molecule has 0 heterocycles. The van der Waals surface area contributed by atoms with Gasteiger partial charge in [-0.3, -0.25) is 0 Å². The van der Waals surface area contributed by atoms with Crippen molar-refractivity contribution in [3.63, 3.8) is 0 Å². The molecule has 0 unspecified atom stereocenters. The number of nitrogens with zero attached hydrogens (tertiary/aromatic N) is 1. The van der Waals surface area contributed by atoms with Crippen LogP contribution in [0, 0.1) is 0 Å². The molecule has 0 aliphatic rings. The minimum atomic E-state index is -5.00. The van der Waals surface area contributed by atoms with Gasteiger partial charge in [0, 0.05) is 13.0 Å². The van der Waals surface area contributed by atoms with Crippen LogP contribution in [0.15, 0.2) is 35.3 Å². The molecule has 0 aliphatic carbocycles. The van der Waals surface area contributed by atoms with Crippen LogP contribution < -0.4 is 4.74 Å². The van der Waals surface area contributed by atoms with Gasteiger partial charge in [-0.2, -0.15) is 14.7 Å². The smallest absolute Gasteiger partial charge is 0.469 e. The van der Waals surface area contributed by atoms with Crippen LogP contribution in [0.1, 0.15) is 6.42 Å². The lowest BCUT2D eigenvalue weighted by Gasteiger charge is -2.08. The fourth-order valence-electron chi connectivity index (χ4n) is 1.31. The second-order valence-electron chi connectivity index (χ2n) is 3.81. The van der Waals surface area contributed by atoms with Gasteiger partial charge < -0.3 is 14.5 Å². The molecule has 0 radical (unpaired) electrons. The van der Waals surface area contributed by atoms with Gasteiger partial charge in [0.1, 0.15) is 5.75 Å². The first-order chi connectivity index (χ1) is 9.21. The quantitative estimate of drug-likeness (QED) is 0.283. The van der Waals surface area contributed by atoms with Gasteiger partial charge in [-0.25, -0.2) is 9.56 Å². The Morgan fingerprint density at radius 3 is 2.30 bits per heavy atom. The standard InChI is InChI=1S/C10H15NO7P2/c12-19(13,14)10(20(15,16)17)11-7-4-8-18-9-5-2-1-3-6-9/h1-3,5-6,12-14H,4,7-8H2,(H-,15,16,17)/p+1. The van der Waals surface area contributed by atoms with E-state index in [0.717, 1.165) is 0 Å². The molecule has 8 nitrogen and oxygen atoms in total. The van der Waals surface area contributed by atoms with Crippen molar-refractivity contribution in [1.29, 1.82) is 0 Å². The van der Waals surface area contributed by atoms with E-state index >= 15 is 0 Å². The number of para-hydroxylation sites is 1. The summed E-state index contributed by atoms with van der Waals surface area (Å²) in [7, 11) is -9.80. The van der Waals surface area contributed by atoms with E-state index < -0.39 is 20.7 Å². The molecule has 0 fully saturated rings. The summed E-state index contributed by atoms with van der Waals surface area (Å²) in [4.78, 5) is 47.8. The van der Waals surface area contributed by atoms with E-state index in [1.165, 1.54) is 0 Å². The van der Waals surface area contributed by atoms with Gasteiger partial charge in [0.2, 0.25) is 0 Å². The van der Waals surface area contributed by atoms with E-state index in [2.05, 4.69) is 4.99 Å². The minimum Gasteiger partial charge on any atom is -0.494 e. The van der Waals surface area contributed by atoms with E-state index in [0.29, 0.717) is 12.2 Å². The fraction of sp³-hybridized carbons (Fsp3) is 0.300. The third kappa shape index (κ3) is 6.07. The highest BCUT2D eigenvalue weighted by Crippen LogP contribution is 2.60. The van der Waals surface area contributed by atoms with Gasteiger partial charge in [0.15, 0.2) is 0 Å². The summed E-state index contributed by atoms with van der Waals surface area (Å²) in [5, 5.41) is -1.27. The van der Waals surface area contributed by atoms with Crippen molar-refractivity contribution in [2.75, 3.05) is 13.2 Å². The monoisotopic (exact) mass is 324 g/mol. The largest absolute Gasteiger partial charge is 0.494 e. The number of aliphatic imine (C=N–C) groups is 1. The highest BCUT2D eigenvalue weighted by atomic mass is 31.3. The predicted molar refractivity (Wildman–Crippen MR) is 74.5 cm³/mol. The van der Waals surface area contributed by atoms with Crippen LogP contribution >= 0.6 is 15.5 Å². The molecule has 1 aromatic carbocycles. The Hall–Kier alpha value is -0.850. The first kappa shape index (κ1) is 17.2. The molecule has 0 bridgehead atoms. The van der Waals surface area contributed by atoms with Crippen molar-refractivity contribution in [3.05, 3.63) is 30.3 Å². The molecular weight excluding hydrogens is 308 g/mol. The maximum absolute atomic E-state index is 10.9. The van der Waals surface area contributed by atoms with Gasteiger partial charge in [0.25, 0.3) is 0 Å². The summed E-state index contributed by atoms with van der Waals surface area (Å²) in [6, 6.07) is 8.91. The highest BCUT2D eigenvalue weighted by molar-refractivity contribution is 8.00. The second kappa shape index (κ2) is 7.24. The van der Waals surface area contributed by atoms with Gasteiger partial charge >= 0.3 is 20.7 Å². The SMILES string of the molecule is O=P(O)(O)C(=NCCCOc1ccccc1)[P+](O)(O)O. The zero-order valence-corrected chi connectivity index (χ0v) is 12.2. The van der Waals surface area contributed by atoms with Gasteiger partial charge in [-0.05, 0) is 12.1 Å². The molecule has 0 spiro atoms. The summed E-state index contributed by atoms with van der Waals surface area (Å²) in [5.41, 5.74) is 0. The molecule has 0 aliphatic heterocycles. The summed E-state index contributed by atoms with van der Waals surface area (Å²) in [6.45, 7) is 0.117. The molecule has 5 N–H and O–H groups in total. The van der Waals surface area contributed by atoms with Crippen LogP contribution in [0.3, 0.4) is 0 Å². The van der Waals surface area contributed by atoms with Crippen molar-refractivity contribution >= 4 is 20.7 Å². The van der Waals surface area contributed by atoms with Crippen molar-refractivity contribution in [1.82, 2.24) is 0 Å². The maximum Gasteiger partial charge on any atom is 0.469 e. The van der Waals surface area contributed by atoms with Crippen LogP contribution in [0.5, 0.6) is 5.75 Å². The molecular formula is C10H16NO7P2+. The summed E-state index contributed by atoms with van der Waals surface area (Å²) in [5.74, 6) is 0.639. The molecule has 10 heteroatoms. The Morgan fingerprint density at radius 1 is 1.20 bits per heavy atom. The van der Waals surface area contributed by atoms with E-state index in [-0.39, 0.29) is 13.2 Å². The normalized spacial score (nSPS) is 13.3. The first-order valence-corrected chi connectivity index (χ1v) is 8.83. The molecule has 1 rings (SSSR count). The number of hydrogen-bond acceptors (Lipinski definition) is 6. The molecule has 0 aromatic heterocycles. The third-order valence-electron chi connectivity index (χ3n) is 2.10. The average Bonchev–Trinajstić information content (AvgIpc) is 2.31. The maximum atomic E-state index is 10.9. The van der Waals surface area contributed by atoms with Gasteiger partial charge in [0.05, 0.1) is 6.61 Å². The molecule has 1 aromatic rings. The predicted octanol–water partition coefficient (Wildman–Crippen LogP) is 0.729. The van der Waals surface area contributed by atoms with Crippen LogP contribution in [0.2, 0.25) is 0 Å². The average molecular weight is 324 g/mol. The summed E-state index contributed by atoms with van der Waals surface area (Å²) in [6.07, 6.45) is 0.290. The van der Waals surface area contributed by atoms with Gasteiger partial charge in [-0.1, -0.05) is 18.2 Å². The van der Waals surface area contributed by atoms with Crippen LogP contribution in [0.4, 0.5) is 0 Å². The zero-order chi connectivity index (χ0) is 15.2. The lowest BCUT2D eigenvalue weighted by Crippen LogP contribution is -2.08. The summed E-state index contributed by atoms with van der Waals surface area (Å²) < 4.78 is 16.3. The van der Waals surface area contributed by atoms with Crippen molar-refractivity contribution in [3.8, 4) is 5.75 Å². The van der Waals surface area contributed by atoms with Crippen LogP contribution in [0.25, 0.3) is 0 Å². The van der Waals surface area contributed by atoms with E-state index in [4.69, 9.17) is 29.2 Å². The Balaban J connectivity index is 2.48. The molecule has 0 saturated heterocycles. The van der Waals surface area contributed by atoms with Crippen LogP contribution in [-0.4, -0.2) is 42.8 Å². The van der Waals surface area contributed by atoms with E-state index in [1.807, 2.05) is 6.07 Å². The van der Waals surface area contributed by atoms with Crippen LogP contribution in [-0.2, 0) is 4.57 Å². The third-order valence-corrected chi connectivity index (χ3v) is 5.02. The highest BCUT2D eigenvalue weighted by Gasteiger charge is 2.51. The summed E-state index contributed by atoms with van der Waals surface area (Å²) >= 11 is 0. The number of benzene rings is 1. The molecule has 20 heavy (non-hydrogen) atoms. The molecule has 0 amide bonds. The van der Waals surface area contributed by atoms with Gasteiger partial charge in [-0.15, -0.1) is 0 Å². The minimum absolute atomic E-state index is 0.114. The van der Waals surface area contributed by atoms with E-state index in [9.17, 15) is 4.57 Å². The zero-order valence-electron chi connectivity index (χ0n) is 10.4. The lowest BCUT2D eigenvalue weighted by atomic mass is 10.3. The topological polar surface area (TPSA) is 140 Å². The Bertz CT molecular complexity index is 494. The fourth-order valence-corrected chi connectivity index (χ4v) is 3.28. The van der Waals surface area contributed by atoms with Crippen molar-refractivity contribution in [2.45, 2.75) is 6.42 Å². The number of hydrogen-bond donors (Lipinski definition) is 5. The second-order valence-corrected chi connectivity index (χ2v) is 7.23. The number of rotatable bonds is 7. The Kier molecular flexibility index (Phi) is 6.23. The lowest BCUT2D eigenvalue weighted by molar-refractivity contribution is 0.313. The number of ether oxygens (including phenoxy) is 1. The molecule has 112 valence electrons. The first-order valence-electron chi connectivity index (χ1n) is 5.57.